The number of aromatic nitrogens is 12. The third kappa shape index (κ3) is 17.3. The number of hydrogen-bond acceptors (Lipinski definition) is 12. The van der Waals surface area contributed by atoms with Crippen LogP contribution in [0.3, 0.4) is 0 Å². The van der Waals surface area contributed by atoms with Crippen molar-refractivity contribution in [2.24, 2.45) is 50.7 Å². The minimum atomic E-state index is -0.468. The largest absolute Gasteiger partial charge is 0.350 e. The Bertz CT molecular complexity index is 6170. The molecule has 24 nitrogen and oxygen atoms in total. The summed E-state index contributed by atoms with van der Waals surface area (Å²) in [5, 5.41) is 39.3. The number of nitrogens with zero attached hydrogens (tertiary/aromatic N) is 15. The molecule has 28 heteroatoms. The van der Waals surface area contributed by atoms with Crippen LogP contribution in [0.5, 0.6) is 0 Å². The van der Waals surface area contributed by atoms with E-state index in [9.17, 15) is 41.9 Å². The third-order valence-corrected chi connectivity index (χ3v) is 24.4. The molecule has 3 N–H and O–H groups in total. The zero-order chi connectivity index (χ0) is 85.4. The van der Waals surface area contributed by atoms with Crippen molar-refractivity contribution < 1.29 is 41.9 Å². The normalized spacial score (nSPS) is 19.8. The van der Waals surface area contributed by atoms with E-state index in [1.807, 2.05) is 201 Å². The van der Waals surface area contributed by atoms with Crippen molar-refractivity contribution in [2.75, 3.05) is 14.7 Å². The number of anilines is 3. The van der Waals surface area contributed by atoms with Crippen LogP contribution in [0.2, 0.25) is 0 Å². The number of fused-ring (bicyclic) bond motifs is 3. The standard InChI is InChI=1S/2C32H29FN6O2.C27H23FN4O2.C5H7BrN2/c2*1-37-19-20(17-34-37)15-27-29(36-31(40)22-7-8-22)30(21-5-3-2-4-6-21)38(32(27)41)26-13-14-28-23(16-26)18-35-39(28)25-11-9-24(33)10-12-25;28-20-8-10-21(11-9-20)32-24-13-12-22(14-19(24)16-29-32)31-25(33)15-23(30-27(34)18-6-7-18)26(31)17-4-2-1-3-5-17;1-8-4-5(2-6)3-7-8/h2*2-6,9-14,16-19,22,27,29-30H,7-8,15H2,1H3,(H,36,40);1-5,8-14,16,18,23,26H,6-7,15H2,(H,30,34);3-4H,2H2,1H3/t27-,29+,30-;27-,29-,30+;23-,26+;/m100./s1. The molecule has 0 unspecified atom stereocenters. The van der Waals surface area contributed by atoms with Crippen molar-refractivity contribution in [3.8, 4) is 17.1 Å². The van der Waals surface area contributed by atoms with Crippen LogP contribution in [0.4, 0.5) is 30.2 Å². The predicted octanol–water partition coefficient (Wildman–Crippen LogP) is 15.3. The lowest BCUT2D eigenvalue weighted by molar-refractivity contribution is -0.125. The van der Waals surface area contributed by atoms with E-state index in [4.69, 9.17) is 0 Å². The Morgan fingerprint density at radius 1 is 0.371 bits per heavy atom. The number of rotatable bonds is 20. The van der Waals surface area contributed by atoms with Gasteiger partial charge in [-0.25, -0.2) is 27.2 Å². The van der Waals surface area contributed by atoms with Gasteiger partial charge in [0.1, 0.15) is 17.5 Å². The minimum Gasteiger partial charge on any atom is -0.350 e. The van der Waals surface area contributed by atoms with Crippen LogP contribution in [-0.2, 0) is 68.1 Å². The first-order valence-corrected chi connectivity index (χ1v) is 42.7. The molecule has 21 rings (SSSR count). The Morgan fingerprint density at radius 2 is 0.685 bits per heavy atom. The maximum atomic E-state index is 14.4. The van der Waals surface area contributed by atoms with E-state index in [0.29, 0.717) is 12.8 Å². The molecular formula is C96H88BrF3N18O6. The Kier molecular flexibility index (Phi) is 22.8. The smallest absolute Gasteiger partial charge is 0.233 e. The molecular weight excluding hydrogens is 1640 g/mol. The van der Waals surface area contributed by atoms with Crippen LogP contribution in [0.1, 0.15) is 96.5 Å². The molecule has 0 bridgehead atoms. The van der Waals surface area contributed by atoms with Gasteiger partial charge in [-0.05, 0) is 207 Å². The number of hydrogen-bond donors (Lipinski definition) is 3. The van der Waals surface area contributed by atoms with E-state index in [2.05, 4.69) is 62.5 Å². The fraction of sp³-hybridized carbons (Fsp3) is 0.250. The van der Waals surface area contributed by atoms with E-state index in [1.54, 1.807) is 100 Å². The second-order valence-corrected chi connectivity index (χ2v) is 33.2. The lowest BCUT2D eigenvalue weighted by atomic mass is 9.89. The molecule has 6 fully saturated rings. The number of nitrogens with one attached hydrogen (secondary N) is 3. The zero-order valence-electron chi connectivity index (χ0n) is 68.1. The Morgan fingerprint density at radius 3 is 1.00 bits per heavy atom. The van der Waals surface area contributed by atoms with Gasteiger partial charge in [-0.2, -0.15) is 30.6 Å². The van der Waals surface area contributed by atoms with Gasteiger partial charge in [0.25, 0.3) is 0 Å². The van der Waals surface area contributed by atoms with Gasteiger partial charge in [-0.15, -0.1) is 0 Å². The number of amides is 6. The van der Waals surface area contributed by atoms with Crippen molar-refractivity contribution in [1.29, 1.82) is 0 Å². The molecule has 6 aromatic heterocycles. The molecule has 3 aliphatic heterocycles. The molecule has 0 spiro atoms. The molecule has 3 saturated carbocycles. The van der Waals surface area contributed by atoms with E-state index >= 15 is 0 Å². The highest BCUT2D eigenvalue weighted by molar-refractivity contribution is 9.08. The number of carbonyl (C=O) groups is 6. The topological polar surface area (TPSA) is 255 Å². The number of benzene rings is 9. The summed E-state index contributed by atoms with van der Waals surface area (Å²) >= 11 is 3.32. The zero-order valence-corrected chi connectivity index (χ0v) is 69.7. The van der Waals surface area contributed by atoms with Crippen LogP contribution < -0.4 is 30.7 Å². The van der Waals surface area contributed by atoms with Crippen molar-refractivity contribution in [3.05, 3.63) is 325 Å². The minimum absolute atomic E-state index is 0.0118. The van der Waals surface area contributed by atoms with Gasteiger partial charge in [0.2, 0.25) is 35.4 Å². The third-order valence-electron chi connectivity index (χ3n) is 23.8. The predicted molar refractivity (Wildman–Crippen MR) is 468 cm³/mol. The summed E-state index contributed by atoms with van der Waals surface area (Å²) in [7, 11) is 5.62. The van der Waals surface area contributed by atoms with Gasteiger partial charge in [0, 0.05) is 108 Å². The van der Waals surface area contributed by atoms with Gasteiger partial charge < -0.3 is 30.7 Å². The van der Waals surface area contributed by atoms with E-state index in [1.165, 1.54) is 42.0 Å². The average molecular weight is 1730 g/mol. The Labute approximate surface area is 720 Å². The summed E-state index contributed by atoms with van der Waals surface area (Å²) < 4.78 is 50.9. The molecule has 0 radical (unpaired) electrons. The fourth-order valence-electron chi connectivity index (χ4n) is 17.3. The second kappa shape index (κ2) is 34.9. The first-order chi connectivity index (χ1) is 60.3. The van der Waals surface area contributed by atoms with Crippen LogP contribution >= 0.6 is 15.9 Å². The molecule has 9 heterocycles. The number of halogens is 4. The number of aryl methyl sites for hydroxylation is 3. The molecule has 9 aromatic carbocycles. The van der Waals surface area contributed by atoms with Gasteiger partial charge in [-0.1, -0.05) is 107 Å². The van der Waals surface area contributed by atoms with Crippen molar-refractivity contribution in [3.63, 3.8) is 0 Å². The summed E-state index contributed by atoms with van der Waals surface area (Å²) in [6.45, 7) is 0. The summed E-state index contributed by atoms with van der Waals surface area (Å²) in [5.41, 5.74) is 13.0. The monoisotopic (exact) mass is 1720 g/mol. The fourth-order valence-corrected chi connectivity index (χ4v) is 17.5. The first kappa shape index (κ1) is 81.1. The summed E-state index contributed by atoms with van der Waals surface area (Å²) in [6, 6.07) is 63.3. The Balaban J connectivity index is 0.000000121. The van der Waals surface area contributed by atoms with Crippen LogP contribution in [0.25, 0.3) is 49.8 Å². The lowest BCUT2D eigenvalue weighted by Gasteiger charge is -2.29. The van der Waals surface area contributed by atoms with Crippen molar-refractivity contribution >= 4 is 101 Å². The van der Waals surface area contributed by atoms with Crippen molar-refractivity contribution in [1.82, 2.24) is 74.6 Å². The second-order valence-electron chi connectivity index (χ2n) is 32.6. The number of alkyl halides is 1. The molecule has 124 heavy (non-hydrogen) atoms. The maximum absolute atomic E-state index is 14.4. The lowest BCUT2D eigenvalue weighted by Crippen LogP contribution is -2.43. The first-order valence-electron chi connectivity index (χ1n) is 41.6. The highest BCUT2D eigenvalue weighted by atomic mass is 79.9. The Hall–Kier alpha value is -13.9. The molecule has 8 atom stereocenters. The summed E-state index contributed by atoms with van der Waals surface area (Å²) in [5.74, 6) is -1.80. The molecule has 15 aromatic rings. The van der Waals surface area contributed by atoms with Crippen LogP contribution in [-0.4, -0.2) is 112 Å². The molecule has 626 valence electrons. The van der Waals surface area contributed by atoms with Gasteiger partial charge in [-0.3, -0.25) is 42.8 Å². The van der Waals surface area contributed by atoms with Gasteiger partial charge in [0.15, 0.2) is 0 Å². The number of carbonyl (C=O) groups excluding carboxylic acids is 6. The quantitative estimate of drug-likeness (QED) is 0.0602. The van der Waals surface area contributed by atoms with Crippen LogP contribution in [0.15, 0.2) is 274 Å². The van der Waals surface area contributed by atoms with Crippen molar-refractivity contribution in [2.45, 2.75) is 99.4 Å². The van der Waals surface area contributed by atoms with Gasteiger partial charge in [0.05, 0.1) is 119 Å². The molecule has 3 saturated heterocycles. The molecule has 6 aliphatic rings. The highest BCUT2D eigenvalue weighted by Crippen LogP contribution is 2.47. The van der Waals surface area contributed by atoms with Gasteiger partial charge >= 0.3 is 0 Å². The maximum Gasteiger partial charge on any atom is 0.233 e. The SMILES string of the molecule is Cn1cc(CBr)cn1.Cn1cc(C[C@@H]2C(=O)N(c3ccc4c(cnn4-c4ccc(F)cc4)c3)[C@H](c3ccccc3)[C@H]2NC(=O)C2CC2)cn1.Cn1cc(C[C@H]2C(=O)N(c3ccc4c(cnn4-c4ccc(F)cc4)c3)[C@H](c3ccccc3)[C@H]2NC(=O)C2CC2)cn1.O=C(N[C@H]1CC(=O)N(c2ccc3c(cnn3-c3ccc(F)cc3)c2)[C@@H]1c1ccccc1)C1CC1. The van der Waals surface area contributed by atoms with E-state index in [0.717, 1.165) is 139 Å². The van der Waals surface area contributed by atoms with Crippen LogP contribution in [0, 0.1) is 47.0 Å². The highest BCUT2D eigenvalue weighted by Gasteiger charge is 2.53. The summed E-state index contributed by atoms with van der Waals surface area (Å²) in [4.78, 5) is 86.3. The average Bonchev–Trinajstić information content (AvgIpc) is 1.59. The van der Waals surface area contributed by atoms with E-state index in [-0.39, 0.29) is 89.2 Å². The van der Waals surface area contributed by atoms with E-state index < -0.39 is 36.0 Å². The summed E-state index contributed by atoms with van der Waals surface area (Å²) in [6.07, 6.45) is 23.0. The molecule has 3 aliphatic carbocycles. The molecule has 6 amide bonds.